The Morgan fingerprint density at radius 2 is 1.82 bits per heavy atom. The molecule has 3 rings (SSSR count). The molecule has 2 aromatic carbocycles. The number of rotatable bonds is 7. The SMILES string of the molecule is COc1ccc(OC)c(N2CC(C(=O)NCc3ccccc3OC)CC2=O)c1. The van der Waals surface area contributed by atoms with Crippen LogP contribution in [0.1, 0.15) is 12.0 Å². The molecule has 1 fully saturated rings. The van der Waals surface area contributed by atoms with Crippen LogP contribution in [-0.2, 0) is 16.1 Å². The molecule has 1 atom stereocenters. The van der Waals surface area contributed by atoms with Crippen LogP contribution < -0.4 is 24.4 Å². The molecule has 1 saturated heterocycles. The first-order chi connectivity index (χ1) is 13.6. The molecule has 0 saturated carbocycles. The number of hydrogen-bond acceptors (Lipinski definition) is 5. The third-order valence-electron chi connectivity index (χ3n) is 4.82. The molecule has 148 valence electrons. The van der Waals surface area contributed by atoms with Crippen LogP contribution in [0, 0.1) is 5.92 Å². The molecule has 1 unspecified atom stereocenters. The maximum Gasteiger partial charge on any atom is 0.227 e. The quantitative estimate of drug-likeness (QED) is 0.793. The minimum Gasteiger partial charge on any atom is -0.497 e. The molecule has 28 heavy (non-hydrogen) atoms. The van der Waals surface area contributed by atoms with Gasteiger partial charge in [0, 0.05) is 31.1 Å². The van der Waals surface area contributed by atoms with Gasteiger partial charge in [0.25, 0.3) is 0 Å². The minimum atomic E-state index is -0.432. The molecule has 7 nitrogen and oxygen atoms in total. The van der Waals surface area contributed by atoms with Gasteiger partial charge in [0.05, 0.1) is 32.9 Å². The van der Waals surface area contributed by atoms with Gasteiger partial charge in [-0.25, -0.2) is 0 Å². The molecule has 2 amide bonds. The number of hydrogen-bond donors (Lipinski definition) is 1. The maximum atomic E-state index is 12.6. The number of anilines is 1. The van der Waals surface area contributed by atoms with Crippen molar-refractivity contribution in [2.75, 3.05) is 32.8 Å². The average Bonchev–Trinajstić information content (AvgIpc) is 3.13. The first-order valence-corrected chi connectivity index (χ1v) is 8.99. The van der Waals surface area contributed by atoms with E-state index in [1.165, 1.54) is 0 Å². The monoisotopic (exact) mass is 384 g/mol. The number of carbonyl (C=O) groups is 2. The molecule has 7 heteroatoms. The van der Waals surface area contributed by atoms with E-state index in [0.717, 1.165) is 5.56 Å². The van der Waals surface area contributed by atoms with E-state index in [0.29, 0.717) is 36.0 Å². The highest BCUT2D eigenvalue weighted by atomic mass is 16.5. The lowest BCUT2D eigenvalue weighted by Gasteiger charge is -2.20. The van der Waals surface area contributed by atoms with E-state index in [-0.39, 0.29) is 18.2 Å². The molecule has 2 aromatic rings. The number of ether oxygens (including phenoxy) is 3. The highest BCUT2D eigenvalue weighted by Gasteiger charge is 2.36. The van der Waals surface area contributed by atoms with E-state index in [1.54, 1.807) is 44.4 Å². The third kappa shape index (κ3) is 4.03. The predicted molar refractivity (Wildman–Crippen MR) is 105 cm³/mol. The molecule has 1 heterocycles. The van der Waals surface area contributed by atoms with Gasteiger partial charge in [-0.1, -0.05) is 18.2 Å². The Morgan fingerprint density at radius 3 is 2.54 bits per heavy atom. The first kappa shape index (κ1) is 19.5. The van der Waals surface area contributed by atoms with E-state index in [9.17, 15) is 9.59 Å². The zero-order valence-electron chi connectivity index (χ0n) is 16.2. The maximum absolute atomic E-state index is 12.6. The normalized spacial score (nSPS) is 16.0. The van der Waals surface area contributed by atoms with Crippen LogP contribution in [-0.4, -0.2) is 39.7 Å². The van der Waals surface area contributed by atoms with Crippen molar-refractivity contribution < 1.29 is 23.8 Å². The summed E-state index contributed by atoms with van der Waals surface area (Å²) in [5.41, 5.74) is 1.49. The van der Waals surface area contributed by atoms with Crippen molar-refractivity contribution in [1.82, 2.24) is 5.32 Å². The molecule has 1 N–H and O–H groups in total. The minimum absolute atomic E-state index is 0.121. The second-order valence-electron chi connectivity index (χ2n) is 6.47. The van der Waals surface area contributed by atoms with Crippen LogP contribution in [0.4, 0.5) is 5.69 Å². The van der Waals surface area contributed by atoms with E-state index < -0.39 is 5.92 Å². The van der Waals surface area contributed by atoms with Gasteiger partial charge in [0.2, 0.25) is 11.8 Å². The van der Waals surface area contributed by atoms with Crippen LogP contribution in [0.15, 0.2) is 42.5 Å². The Labute approximate surface area is 164 Å². The van der Waals surface area contributed by atoms with Crippen LogP contribution in [0.25, 0.3) is 0 Å². The summed E-state index contributed by atoms with van der Waals surface area (Å²) in [5.74, 6) is 1.18. The first-order valence-electron chi connectivity index (χ1n) is 8.99. The summed E-state index contributed by atoms with van der Waals surface area (Å²) < 4.78 is 15.9. The highest BCUT2D eigenvalue weighted by Crippen LogP contribution is 2.36. The third-order valence-corrected chi connectivity index (χ3v) is 4.82. The summed E-state index contributed by atoms with van der Waals surface area (Å²) in [7, 11) is 4.70. The van der Waals surface area contributed by atoms with Crippen molar-refractivity contribution in [3.8, 4) is 17.2 Å². The van der Waals surface area contributed by atoms with Crippen molar-refractivity contribution in [2.24, 2.45) is 5.92 Å². The number of amides is 2. The fourth-order valence-electron chi connectivity index (χ4n) is 3.30. The fourth-order valence-corrected chi connectivity index (χ4v) is 3.30. The lowest BCUT2D eigenvalue weighted by Crippen LogP contribution is -2.32. The molecule has 1 aliphatic heterocycles. The number of nitrogens with zero attached hydrogens (tertiary/aromatic N) is 1. The molecule has 1 aliphatic rings. The van der Waals surface area contributed by atoms with Crippen LogP contribution in [0.3, 0.4) is 0 Å². The van der Waals surface area contributed by atoms with E-state index in [2.05, 4.69) is 5.32 Å². The topological polar surface area (TPSA) is 77.1 Å². The van der Waals surface area contributed by atoms with Gasteiger partial charge in [0.15, 0.2) is 0 Å². The number of methoxy groups -OCH3 is 3. The second kappa shape index (κ2) is 8.65. The molecular formula is C21H24N2O5. The zero-order valence-corrected chi connectivity index (χ0v) is 16.2. The summed E-state index contributed by atoms with van der Waals surface area (Å²) in [6.07, 6.45) is 0.151. The average molecular weight is 384 g/mol. The lowest BCUT2D eigenvalue weighted by molar-refractivity contribution is -0.126. The fraction of sp³-hybridized carbons (Fsp3) is 0.333. The predicted octanol–water partition coefficient (Wildman–Crippen LogP) is 2.38. The van der Waals surface area contributed by atoms with Gasteiger partial charge >= 0.3 is 0 Å². The summed E-state index contributed by atoms with van der Waals surface area (Å²) in [6.45, 7) is 0.635. The van der Waals surface area contributed by atoms with Gasteiger partial charge in [-0.3, -0.25) is 9.59 Å². The molecule has 0 aliphatic carbocycles. The molecule has 0 bridgehead atoms. The molecule has 0 radical (unpaired) electrons. The van der Waals surface area contributed by atoms with Gasteiger partial charge in [-0.05, 0) is 18.2 Å². The lowest BCUT2D eigenvalue weighted by atomic mass is 10.1. The number of nitrogens with one attached hydrogen (secondary N) is 1. The van der Waals surface area contributed by atoms with Crippen molar-refractivity contribution in [3.63, 3.8) is 0 Å². The summed E-state index contributed by atoms with van der Waals surface area (Å²) in [4.78, 5) is 26.8. The van der Waals surface area contributed by atoms with Crippen LogP contribution >= 0.6 is 0 Å². The Kier molecular flexibility index (Phi) is 6.03. The van der Waals surface area contributed by atoms with E-state index >= 15 is 0 Å². The zero-order chi connectivity index (χ0) is 20.1. The number of benzene rings is 2. The summed E-state index contributed by atoms with van der Waals surface area (Å²) in [5, 5.41) is 2.91. The van der Waals surface area contributed by atoms with Gasteiger partial charge in [0.1, 0.15) is 17.2 Å². The van der Waals surface area contributed by atoms with Crippen molar-refractivity contribution in [2.45, 2.75) is 13.0 Å². The van der Waals surface area contributed by atoms with E-state index in [1.807, 2.05) is 24.3 Å². The van der Waals surface area contributed by atoms with Gasteiger partial charge < -0.3 is 24.4 Å². The highest BCUT2D eigenvalue weighted by molar-refractivity contribution is 6.01. The van der Waals surface area contributed by atoms with E-state index in [4.69, 9.17) is 14.2 Å². The van der Waals surface area contributed by atoms with Crippen LogP contribution in [0.2, 0.25) is 0 Å². The largest absolute Gasteiger partial charge is 0.497 e. The summed E-state index contributed by atoms with van der Waals surface area (Å²) >= 11 is 0. The summed E-state index contributed by atoms with van der Waals surface area (Å²) in [6, 6.07) is 12.8. The second-order valence-corrected chi connectivity index (χ2v) is 6.47. The number of carbonyl (C=O) groups excluding carboxylic acids is 2. The Balaban J connectivity index is 1.69. The standard InChI is InChI=1S/C21H24N2O5/c1-26-16-8-9-19(28-3)17(11-16)23-13-15(10-20(23)24)21(25)22-12-14-6-4-5-7-18(14)27-2/h4-9,11,15H,10,12-13H2,1-3H3,(H,22,25). The number of para-hydroxylation sites is 1. The van der Waals surface area contributed by atoms with Crippen LogP contribution in [0.5, 0.6) is 17.2 Å². The molecule has 0 spiro atoms. The molecular weight excluding hydrogens is 360 g/mol. The van der Waals surface area contributed by atoms with Crippen molar-refractivity contribution in [1.29, 1.82) is 0 Å². The molecule has 0 aromatic heterocycles. The Morgan fingerprint density at radius 1 is 1.07 bits per heavy atom. The Hall–Kier alpha value is -3.22. The smallest absolute Gasteiger partial charge is 0.227 e. The van der Waals surface area contributed by atoms with Crippen molar-refractivity contribution in [3.05, 3.63) is 48.0 Å². The van der Waals surface area contributed by atoms with Gasteiger partial charge in [-0.15, -0.1) is 0 Å². The Bertz CT molecular complexity index is 868. The van der Waals surface area contributed by atoms with Gasteiger partial charge in [-0.2, -0.15) is 0 Å². The van der Waals surface area contributed by atoms with Crippen molar-refractivity contribution >= 4 is 17.5 Å².